The van der Waals surface area contributed by atoms with Gasteiger partial charge in [0.25, 0.3) is 0 Å². The molecule has 202 valence electrons. The summed E-state index contributed by atoms with van der Waals surface area (Å²) in [7, 11) is 0. The fourth-order valence-electron chi connectivity index (χ4n) is 4.25. The van der Waals surface area contributed by atoms with Crippen molar-refractivity contribution >= 4 is 40.7 Å². The minimum Gasteiger partial charge on any atom is -0.481 e. The van der Waals surface area contributed by atoms with E-state index in [1.165, 1.54) is 13.0 Å². The van der Waals surface area contributed by atoms with Crippen LogP contribution in [0.25, 0.3) is 0 Å². The number of aliphatic carboxylic acids is 1. The number of nitrogen functional groups attached to an aromatic ring is 1. The van der Waals surface area contributed by atoms with Gasteiger partial charge in [0.1, 0.15) is 6.33 Å². The number of nitrogens with two attached hydrogens (primary N) is 1. The van der Waals surface area contributed by atoms with Gasteiger partial charge in [-0.2, -0.15) is 17.6 Å². The van der Waals surface area contributed by atoms with Crippen LogP contribution in [0.3, 0.4) is 0 Å². The summed E-state index contributed by atoms with van der Waals surface area (Å²) >= 11 is 5.82. The van der Waals surface area contributed by atoms with E-state index in [1.807, 2.05) is 0 Å². The first-order valence-electron chi connectivity index (χ1n) is 11.5. The van der Waals surface area contributed by atoms with Crippen LogP contribution in [0.1, 0.15) is 31.7 Å². The van der Waals surface area contributed by atoms with E-state index < -0.39 is 41.5 Å². The maximum absolute atomic E-state index is 14.4. The summed E-state index contributed by atoms with van der Waals surface area (Å²) in [5.74, 6) is -3.10. The summed E-state index contributed by atoms with van der Waals surface area (Å²) < 4.78 is 53.7. The van der Waals surface area contributed by atoms with Crippen LogP contribution in [0.2, 0.25) is 5.02 Å². The van der Waals surface area contributed by atoms with Gasteiger partial charge in [0.15, 0.2) is 17.4 Å². The smallest absolute Gasteiger partial charge is 0.416 e. The Morgan fingerprint density at radius 1 is 1.30 bits per heavy atom. The topological polar surface area (TPSA) is 133 Å². The molecule has 2 aromatic rings. The minimum absolute atomic E-state index is 0.0104. The van der Waals surface area contributed by atoms with E-state index in [9.17, 15) is 32.3 Å². The number of nitrogens with one attached hydrogen (secondary N) is 2. The molecule has 0 aliphatic carbocycles. The SMILES string of the molecule is CC(=O)[C@@H](CCCN[C@H]1CN(c2ncnc(N)c2F)CCC1C(=O)O)Nc1cc(Cl)cc(C(F)(F)F)c1. The second kappa shape index (κ2) is 11.9. The number of hydrogen-bond donors (Lipinski definition) is 4. The van der Waals surface area contributed by atoms with E-state index in [-0.39, 0.29) is 54.1 Å². The number of rotatable bonds is 10. The summed E-state index contributed by atoms with van der Waals surface area (Å²) in [6.45, 7) is 2.05. The second-order valence-electron chi connectivity index (χ2n) is 8.81. The van der Waals surface area contributed by atoms with Gasteiger partial charge in [0.05, 0.1) is 17.5 Å². The van der Waals surface area contributed by atoms with Crippen LogP contribution >= 0.6 is 11.6 Å². The van der Waals surface area contributed by atoms with E-state index in [4.69, 9.17) is 17.3 Å². The largest absolute Gasteiger partial charge is 0.481 e. The third kappa shape index (κ3) is 7.41. The van der Waals surface area contributed by atoms with Crippen molar-refractivity contribution in [2.75, 3.05) is 35.6 Å². The van der Waals surface area contributed by atoms with Gasteiger partial charge in [-0.3, -0.25) is 9.59 Å². The Balaban J connectivity index is 1.61. The molecule has 0 radical (unpaired) electrons. The van der Waals surface area contributed by atoms with Crippen LogP contribution in [-0.2, 0) is 15.8 Å². The van der Waals surface area contributed by atoms with E-state index in [1.54, 1.807) is 4.90 Å². The van der Waals surface area contributed by atoms with E-state index in [2.05, 4.69) is 20.6 Å². The standard InChI is InChI=1S/C23H27ClF4N6O3/c1-12(35)17(33-15-8-13(23(26,27)28)7-14(24)9-15)3-2-5-30-18-10-34(6-4-16(18)22(36)37)21-19(25)20(29)31-11-32-21/h7-9,11,16-18,30,33H,2-6,10H2,1H3,(H,36,37)(H2,29,31,32)/t16?,17-,18+/m1/s1. The molecule has 14 heteroatoms. The van der Waals surface area contributed by atoms with Crippen molar-refractivity contribution in [3.63, 3.8) is 0 Å². The first kappa shape index (κ1) is 28.4. The lowest BCUT2D eigenvalue weighted by molar-refractivity contribution is -0.143. The van der Waals surface area contributed by atoms with Gasteiger partial charge in [-0.1, -0.05) is 11.6 Å². The molecule has 3 atom stereocenters. The van der Waals surface area contributed by atoms with Gasteiger partial charge in [-0.15, -0.1) is 0 Å². The molecule has 1 aromatic carbocycles. The summed E-state index contributed by atoms with van der Waals surface area (Å²) in [6.07, 6.45) is -2.55. The molecule has 1 saturated heterocycles. The number of carboxylic acids is 1. The fourth-order valence-corrected chi connectivity index (χ4v) is 4.48. The van der Waals surface area contributed by atoms with Crippen molar-refractivity contribution in [3.05, 3.63) is 40.9 Å². The summed E-state index contributed by atoms with van der Waals surface area (Å²) in [6, 6.07) is 1.66. The van der Waals surface area contributed by atoms with E-state index in [0.717, 1.165) is 18.5 Å². The molecule has 2 heterocycles. The number of alkyl halides is 3. The Morgan fingerprint density at radius 2 is 2.03 bits per heavy atom. The van der Waals surface area contributed by atoms with Crippen LogP contribution in [0.15, 0.2) is 24.5 Å². The summed E-state index contributed by atoms with van der Waals surface area (Å²) in [5.41, 5.74) is 4.65. The van der Waals surface area contributed by atoms with Crippen molar-refractivity contribution in [3.8, 4) is 0 Å². The van der Waals surface area contributed by atoms with Gasteiger partial charge in [0, 0.05) is 29.8 Å². The first-order valence-corrected chi connectivity index (χ1v) is 11.9. The van der Waals surface area contributed by atoms with Gasteiger partial charge < -0.3 is 26.4 Å². The van der Waals surface area contributed by atoms with Crippen molar-refractivity contribution in [2.24, 2.45) is 5.92 Å². The van der Waals surface area contributed by atoms with Gasteiger partial charge >= 0.3 is 12.1 Å². The zero-order valence-electron chi connectivity index (χ0n) is 19.9. The highest BCUT2D eigenvalue weighted by molar-refractivity contribution is 6.31. The zero-order valence-corrected chi connectivity index (χ0v) is 20.6. The Kier molecular flexibility index (Phi) is 9.13. The monoisotopic (exact) mass is 546 g/mol. The molecule has 1 aliphatic heterocycles. The highest BCUT2D eigenvalue weighted by Gasteiger charge is 2.35. The third-order valence-electron chi connectivity index (χ3n) is 6.16. The van der Waals surface area contributed by atoms with Crippen LogP contribution in [0.5, 0.6) is 0 Å². The molecule has 1 fully saturated rings. The highest BCUT2D eigenvalue weighted by atomic mass is 35.5. The van der Waals surface area contributed by atoms with Crippen molar-refractivity contribution in [1.29, 1.82) is 0 Å². The molecule has 1 aliphatic rings. The third-order valence-corrected chi connectivity index (χ3v) is 6.38. The lowest BCUT2D eigenvalue weighted by Crippen LogP contribution is -2.54. The molecule has 0 bridgehead atoms. The number of aromatic nitrogens is 2. The molecular formula is C23H27ClF4N6O3. The number of nitrogens with zero attached hydrogens (tertiary/aromatic N) is 3. The van der Waals surface area contributed by atoms with Gasteiger partial charge in [-0.25, -0.2) is 9.97 Å². The van der Waals surface area contributed by atoms with Gasteiger partial charge in [-0.05, 0) is 50.9 Å². The van der Waals surface area contributed by atoms with Crippen molar-refractivity contribution < 1.29 is 32.3 Å². The number of carbonyl (C=O) groups is 2. The number of hydrogen-bond acceptors (Lipinski definition) is 8. The Bertz CT molecular complexity index is 1140. The van der Waals surface area contributed by atoms with E-state index in [0.29, 0.717) is 13.0 Å². The Hall–Kier alpha value is -3.19. The molecule has 37 heavy (non-hydrogen) atoms. The quantitative estimate of drug-likeness (QED) is 0.260. The predicted molar refractivity (Wildman–Crippen MR) is 130 cm³/mol. The zero-order chi connectivity index (χ0) is 27.3. The number of ketones is 1. The van der Waals surface area contributed by atoms with Crippen molar-refractivity contribution in [1.82, 2.24) is 15.3 Å². The van der Waals surface area contributed by atoms with Crippen LogP contribution < -0.4 is 21.3 Å². The maximum Gasteiger partial charge on any atom is 0.416 e. The van der Waals surface area contributed by atoms with Crippen LogP contribution in [0, 0.1) is 11.7 Å². The minimum atomic E-state index is -4.59. The molecule has 0 saturated carbocycles. The average Bonchev–Trinajstić information content (AvgIpc) is 2.81. The van der Waals surface area contributed by atoms with Crippen LogP contribution in [-0.4, -0.2) is 58.5 Å². The number of benzene rings is 1. The number of halogens is 5. The lowest BCUT2D eigenvalue weighted by atomic mass is 9.91. The average molecular weight is 547 g/mol. The number of anilines is 3. The maximum atomic E-state index is 14.4. The molecular weight excluding hydrogens is 520 g/mol. The second-order valence-corrected chi connectivity index (χ2v) is 9.25. The molecule has 0 spiro atoms. The summed E-state index contributed by atoms with van der Waals surface area (Å²) in [5, 5.41) is 15.5. The molecule has 1 unspecified atom stereocenters. The number of carboxylic acid groups (broad SMARTS) is 1. The number of piperidine rings is 1. The molecule has 3 rings (SSSR count). The van der Waals surface area contributed by atoms with Crippen LogP contribution in [0.4, 0.5) is 34.9 Å². The van der Waals surface area contributed by atoms with Gasteiger partial charge in [0.2, 0.25) is 5.82 Å². The predicted octanol–water partition coefficient (Wildman–Crippen LogP) is 3.59. The molecule has 0 amide bonds. The van der Waals surface area contributed by atoms with Crippen molar-refractivity contribution in [2.45, 2.75) is 44.4 Å². The Labute approximate surface area is 215 Å². The summed E-state index contributed by atoms with van der Waals surface area (Å²) in [4.78, 5) is 33.0. The molecule has 1 aromatic heterocycles. The fraction of sp³-hybridized carbons (Fsp3) is 0.478. The normalized spacial score (nSPS) is 18.9. The van der Waals surface area contributed by atoms with E-state index >= 15 is 0 Å². The molecule has 5 N–H and O–H groups in total. The highest BCUT2D eigenvalue weighted by Crippen LogP contribution is 2.33. The lowest BCUT2D eigenvalue weighted by Gasteiger charge is -2.38. The number of carbonyl (C=O) groups excluding carboxylic acids is 1. The number of Topliss-reactive ketones (excluding diaryl/α,β-unsaturated/α-hetero) is 1. The Morgan fingerprint density at radius 3 is 2.68 bits per heavy atom. The first-order chi connectivity index (χ1) is 17.4. The molecule has 9 nitrogen and oxygen atoms in total.